The molecule has 2 unspecified atom stereocenters. The molecule has 0 radical (unpaired) electrons. The molecular formula is C20H19FN4O. The zero-order chi connectivity index (χ0) is 18.1. The highest BCUT2D eigenvalue weighted by atomic mass is 19.1. The van der Waals surface area contributed by atoms with E-state index in [2.05, 4.69) is 21.7 Å². The number of nitrogens with one attached hydrogen (secondary N) is 1. The Morgan fingerprint density at radius 3 is 2.85 bits per heavy atom. The molecule has 132 valence electrons. The van der Waals surface area contributed by atoms with E-state index in [1.165, 1.54) is 16.3 Å². The topological polar surface area (TPSA) is 59.8 Å². The number of halogens is 1. The van der Waals surface area contributed by atoms with Crippen LogP contribution < -0.4 is 5.32 Å². The molecule has 0 bridgehead atoms. The van der Waals surface area contributed by atoms with Crippen molar-refractivity contribution in [3.63, 3.8) is 0 Å². The first-order valence-corrected chi connectivity index (χ1v) is 8.68. The number of hydrogen-bond donors (Lipinski definition) is 1. The van der Waals surface area contributed by atoms with Gasteiger partial charge in [-0.05, 0) is 37.0 Å². The first kappa shape index (κ1) is 16.4. The average molecular weight is 350 g/mol. The lowest BCUT2D eigenvalue weighted by Crippen LogP contribution is -2.27. The summed E-state index contributed by atoms with van der Waals surface area (Å²) < 4.78 is 15.5. The van der Waals surface area contributed by atoms with Gasteiger partial charge in [0.15, 0.2) is 5.69 Å². The molecule has 0 fully saturated rings. The molecule has 0 spiro atoms. The molecule has 4 rings (SSSR count). The standard InChI is InChI=1S/C20H19FN4O/c1-13(15-7-4-5-9-17(15)21)25-12-19(23-24-25)20(26)22-18-11-10-14-6-2-3-8-16(14)18/h2-9,12-13,18H,10-11H2,1H3,(H,22,26). The summed E-state index contributed by atoms with van der Waals surface area (Å²) in [5.74, 6) is -0.567. The minimum atomic E-state index is -0.350. The van der Waals surface area contributed by atoms with E-state index in [9.17, 15) is 9.18 Å². The zero-order valence-electron chi connectivity index (χ0n) is 14.4. The second kappa shape index (κ2) is 6.71. The summed E-state index contributed by atoms with van der Waals surface area (Å²) in [4.78, 5) is 12.5. The quantitative estimate of drug-likeness (QED) is 0.784. The van der Waals surface area contributed by atoms with Crippen LogP contribution >= 0.6 is 0 Å². The van der Waals surface area contributed by atoms with E-state index in [4.69, 9.17) is 0 Å². The van der Waals surface area contributed by atoms with Crippen molar-refractivity contribution in [2.24, 2.45) is 0 Å². The molecule has 26 heavy (non-hydrogen) atoms. The summed E-state index contributed by atoms with van der Waals surface area (Å²) in [5.41, 5.74) is 3.18. The summed E-state index contributed by atoms with van der Waals surface area (Å²) in [6.45, 7) is 1.82. The van der Waals surface area contributed by atoms with Crippen LogP contribution in [0.25, 0.3) is 0 Å². The summed E-state index contributed by atoms with van der Waals surface area (Å²) in [5, 5.41) is 11.0. The van der Waals surface area contributed by atoms with Gasteiger partial charge in [-0.2, -0.15) is 0 Å². The first-order valence-electron chi connectivity index (χ1n) is 8.68. The van der Waals surface area contributed by atoms with E-state index in [1.807, 2.05) is 25.1 Å². The number of carbonyl (C=O) groups is 1. The summed E-state index contributed by atoms with van der Waals surface area (Å²) in [7, 11) is 0. The van der Waals surface area contributed by atoms with Crippen molar-refractivity contribution < 1.29 is 9.18 Å². The van der Waals surface area contributed by atoms with Gasteiger partial charge >= 0.3 is 0 Å². The average Bonchev–Trinajstić information content (AvgIpc) is 3.29. The van der Waals surface area contributed by atoms with E-state index >= 15 is 0 Å². The number of aromatic nitrogens is 3. The highest BCUT2D eigenvalue weighted by Crippen LogP contribution is 2.30. The Morgan fingerprint density at radius 1 is 1.23 bits per heavy atom. The lowest BCUT2D eigenvalue weighted by atomic mass is 10.1. The molecule has 2 atom stereocenters. The molecular weight excluding hydrogens is 331 g/mol. The van der Waals surface area contributed by atoms with Gasteiger partial charge in [0.05, 0.1) is 18.3 Å². The number of carbonyl (C=O) groups excluding carboxylic acids is 1. The predicted octanol–water partition coefficient (Wildman–Crippen LogP) is 3.44. The van der Waals surface area contributed by atoms with Gasteiger partial charge in [0.1, 0.15) is 5.82 Å². The normalized spacial score (nSPS) is 16.9. The van der Waals surface area contributed by atoms with Gasteiger partial charge in [-0.25, -0.2) is 9.07 Å². The van der Waals surface area contributed by atoms with Gasteiger partial charge in [0.25, 0.3) is 5.91 Å². The molecule has 1 aliphatic rings. The van der Waals surface area contributed by atoms with Crippen LogP contribution in [0.4, 0.5) is 4.39 Å². The Balaban J connectivity index is 1.50. The van der Waals surface area contributed by atoms with Crippen LogP contribution in [0.15, 0.2) is 54.7 Å². The summed E-state index contributed by atoms with van der Waals surface area (Å²) in [6.07, 6.45) is 3.40. The van der Waals surface area contributed by atoms with Crippen molar-refractivity contribution in [1.29, 1.82) is 0 Å². The molecule has 1 heterocycles. The second-order valence-electron chi connectivity index (χ2n) is 6.54. The van der Waals surface area contributed by atoms with Crippen molar-refractivity contribution >= 4 is 5.91 Å². The Morgan fingerprint density at radius 2 is 2.00 bits per heavy atom. The number of amides is 1. The Bertz CT molecular complexity index is 952. The fourth-order valence-electron chi connectivity index (χ4n) is 3.47. The molecule has 1 N–H and O–H groups in total. The third kappa shape index (κ3) is 2.98. The van der Waals surface area contributed by atoms with E-state index in [-0.39, 0.29) is 29.5 Å². The minimum absolute atomic E-state index is 0.00663. The van der Waals surface area contributed by atoms with Gasteiger partial charge in [-0.1, -0.05) is 47.7 Å². The van der Waals surface area contributed by atoms with Crippen molar-refractivity contribution in [3.05, 3.63) is 82.9 Å². The smallest absolute Gasteiger partial charge is 0.273 e. The Kier molecular flexibility index (Phi) is 4.24. The number of aryl methyl sites for hydroxylation is 1. The van der Waals surface area contributed by atoms with Crippen molar-refractivity contribution in [2.45, 2.75) is 31.8 Å². The molecule has 2 aromatic carbocycles. The first-order chi connectivity index (χ1) is 12.6. The van der Waals surface area contributed by atoms with E-state index in [1.54, 1.807) is 24.4 Å². The predicted molar refractivity (Wildman–Crippen MR) is 95.2 cm³/mol. The van der Waals surface area contributed by atoms with Crippen LogP contribution in [0, 0.1) is 5.82 Å². The minimum Gasteiger partial charge on any atom is -0.344 e. The van der Waals surface area contributed by atoms with E-state index < -0.39 is 0 Å². The van der Waals surface area contributed by atoms with Crippen LogP contribution in [0.2, 0.25) is 0 Å². The molecule has 1 aliphatic carbocycles. The van der Waals surface area contributed by atoms with Crippen LogP contribution in [-0.4, -0.2) is 20.9 Å². The number of fused-ring (bicyclic) bond motifs is 1. The fourth-order valence-corrected chi connectivity index (χ4v) is 3.47. The van der Waals surface area contributed by atoms with Gasteiger partial charge in [0, 0.05) is 5.56 Å². The van der Waals surface area contributed by atoms with Crippen LogP contribution in [0.1, 0.15) is 52.6 Å². The Labute approximate surface area is 150 Å². The molecule has 5 nitrogen and oxygen atoms in total. The zero-order valence-corrected chi connectivity index (χ0v) is 14.4. The Hall–Kier alpha value is -3.02. The molecule has 0 aliphatic heterocycles. The second-order valence-corrected chi connectivity index (χ2v) is 6.54. The summed E-state index contributed by atoms with van der Waals surface area (Å²) in [6, 6.07) is 14.3. The van der Waals surface area contributed by atoms with Crippen LogP contribution in [0.5, 0.6) is 0 Å². The molecule has 3 aromatic rings. The third-order valence-corrected chi connectivity index (χ3v) is 4.93. The van der Waals surface area contributed by atoms with Crippen LogP contribution in [0.3, 0.4) is 0 Å². The highest BCUT2D eigenvalue weighted by molar-refractivity contribution is 5.92. The van der Waals surface area contributed by atoms with Crippen molar-refractivity contribution in [2.75, 3.05) is 0 Å². The van der Waals surface area contributed by atoms with E-state index in [0.717, 1.165) is 18.4 Å². The number of rotatable bonds is 4. The lowest BCUT2D eigenvalue weighted by Gasteiger charge is -2.13. The highest BCUT2D eigenvalue weighted by Gasteiger charge is 2.25. The molecule has 1 aromatic heterocycles. The monoisotopic (exact) mass is 350 g/mol. The van der Waals surface area contributed by atoms with Gasteiger partial charge in [-0.15, -0.1) is 5.10 Å². The SMILES string of the molecule is CC(c1ccccc1F)n1cc(C(=O)NC2CCc3ccccc32)nn1. The lowest BCUT2D eigenvalue weighted by molar-refractivity contribution is 0.0931. The van der Waals surface area contributed by atoms with Crippen molar-refractivity contribution in [1.82, 2.24) is 20.3 Å². The number of hydrogen-bond acceptors (Lipinski definition) is 3. The fraction of sp³-hybridized carbons (Fsp3) is 0.250. The van der Waals surface area contributed by atoms with Crippen LogP contribution in [-0.2, 0) is 6.42 Å². The van der Waals surface area contributed by atoms with E-state index in [0.29, 0.717) is 5.56 Å². The van der Waals surface area contributed by atoms with Gasteiger partial charge in [0.2, 0.25) is 0 Å². The molecule has 0 saturated carbocycles. The largest absolute Gasteiger partial charge is 0.344 e. The maximum absolute atomic E-state index is 14.0. The maximum Gasteiger partial charge on any atom is 0.273 e. The number of nitrogens with zero attached hydrogens (tertiary/aromatic N) is 3. The van der Waals surface area contributed by atoms with Crippen molar-refractivity contribution in [3.8, 4) is 0 Å². The van der Waals surface area contributed by atoms with Gasteiger partial charge < -0.3 is 5.32 Å². The molecule has 6 heteroatoms. The molecule has 0 saturated heterocycles. The maximum atomic E-state index is 14.0. The number of benzene rings is 2. The molecule has 1 amide bonds. The van der Waals surface area contributed by atoms with Gasteiger partial charge in [-0.3, -0.25) is 4.79 Å². The third-order valence-electron chi connectivity index (χ3n) is 4.93. The summed E-state index contributed by atoms with van der Waals surface area (Å²) >= 11 is 0.